The molecule has 0 saturated heterocycles. The third-order valence-corrected chi connectivity index (χ3v) is 14.2. The molecule has 8 aromatic carbocycles. The van der Waals surface area contributed by atoms with E-state index < -0.39 is 17.5 Å². The van der Waals surface area contributed by atoms with Gasteiger partial charge in [0.2, 0.25) is 0 Å². The van der Waals surface area contributed by atoms with E-state index in [1.807, 2.05) is 87.4 Å². The van der Waals surface area contributed by atoms with Crippen LogP contribution in [0, 0.1) is 30.4 Å². The van der Waals surface area contributed by atoms with Crippen molar-refractivity contribution in [2.45, 2.75) is 85.5 Å². The number of para-hydroxylation sites is 4. The first kappa shape index (κ1) is 49.8. The van der Waals surface area contributed by atoms with Crippen molar-refractivity contribution in [3.8, 4) is 50.7 Å². The monoisotopic (exact) mass is 1170 g/mol. The second-order valence-corrected chi connectivity index (χ2v) is 21.3. The van der Waals surface area contributed by atoms with Gasteiger partial charge in [0, 0.05) is 79.9 Å². The SMILES string of the molecule is [2H]C(C)(C)c1ccccc1-c1cc(Oc2[c-]c3c(cc2)c2ccccc2n3-c2cc(C(C)(C)C)ccn2)[c-]c(N2[CH-]N(c3c(-c4cc(F)cc(F)c4)cccc3-c3cc(C(C)C)cc(C(C)C)c3)c3ccccc32)c1.[Pt]. The van der Waals surface area contributed by atoms with E-state index in [9.17, 15) is 1.37 Å². The van der Waals surface area contributed by atoms with Crippen LogP contribution in [-0.2, 0) is 26.5 Å². The van der Waals surface area contributed by atoms with Gasteiger partial charge in [0.1, 0.15) is 17.5 Å². The minimum absolute atomic E-state index is 0. The first-order valence-electron chi connectivity index (χ1n) is 25.9. The number of fused-ring (bicyclic) bond motifs is 4. The summed E-state index contributed by atoms with van der Waals surface area (Å²) in [5, 5.41) is 2.10. The quantitative estimate of drug-likeness (QED) is 0.121. The zero-order chi connectivity index (χ0) is 52.5. The van der Waals surface area contributed by atoms with Gasteiger partial charge in [-0.15, -0.1) is 53.6 Å². The van der Waals surface area contributed by atoms with E-state index in [0.29, 0.717) is 28.3 Å². The number of pyridine rings is 1. The molecule has 1 aliphatic heterocycles. The number of benzene rings is 8. The van der Waals surface area contributed by atoms with Crippen LogP contribution in [0.1, 0.15) is 104 Å². The number of nitrogens with zero attached hydrogens (tertiary/aromatic N) is 4. The van der Waals surface area contributed by atoms with E-state index in [0.717, 1.165) is 78.6 Å². The van der Waals surface area contributed by atoms with Crippen molar-refractivity contribution in [3.05, 3.63) is 223 Å². The summed E-state index contributed by atoms with van der Waals surface area (Å²) in [5.41, 5.74) is 14.1. The van der Waals surface area contributed by atoms with Gasteiger partial charge in [0.05, 0.1) is 0 Å². The Bertz CT molecular complexity index is 3780. The Morgan fingerprint density at radius 3 is 1.88 bits per heavy atom. The third kappa shape index (κ3) is 9.80. The van der Waals surface area contributed by atoms with Gasteiger partial charge in [-0.05, 0) is 110 Å². The summed E-state index contributed by atoms with van der Waals surface area (Å²) >= 11 is 0. The molecular formula is C67H59F2N4OPt-3. The maximum Gasteiger partial charge on any atom is 0.135 e. The Hall–Kier alpha value is -7.34. The first-order chi connectivity index (χ1) is 35.9. The fourth-order valence-electron chi connectivity index (χ4n) is 10.3. The molecule has 0 aliphatic carbocycles. The van der Waals surface area contributed by atoms with Crippen LogP contribution in [0.5, 0.6) is 11.5 Å². The molecular weight excluding hydrogens is 1110 g/mol. The predicted molar refractivity (Wildman–Crippen MR) is 301 cm³/mol. The fraction of sp³-hybridized carbons (Fsp3) is 0.194. The average Bonchev–Trinajstić information content (AvgIpc) is 3.99. The Kier molecular flexibility index (Phi) is 13.6. The zero-order valence-electron chi connectivity index (χ0n) is 44.7. The van der Waals surface area contributed by atoms with Crippen LogP contribution in [0.3, 0.4) is 0 Å². The average molecular weight is 1170 g/mol. The van der Waals surface area contributed by atoms with Gasteiger partial charge in [-0.2, -0.15) is 6.07 Å². The van der Waals surface area contributed by atoms with Gasteiger partial charge in [-0.25, -0.2) is 13.8 Å². The number of hydrogen-bond donors (Lipinski definition) is 0. The molecule has 0 saturated carbocycles. The Labute approximate surface area is 456 Å². The topological polar surface area (TPSA) is 33.5 Å². The van der Waals surface area contributed by atoms with Gasteiger partial charge >= 0.3 is 0 Å². The van der Waals surface area contributed by atoms with E-state index in [2.05, 4.69) is 160 Å². The van der Waals surface area contributed by atoms with E-state index in [1.165, 1.54) is 28.8 Å². The third-order valence-electron chi connectivity index (χ3n) is 14.2. The summed E-state index contributed by atoms with van der Waals surface area (Å²) in [6.07, 6.45) is 1.87. The van der Waals surface area contributed by atoms with Crippen molar-refractivity contribution in [2.24, 2.45) is 0 Å². The molecule has 8 heteroatoms. The van der Waals surface area contributed by atoms with E-state index in [4.69, 9.17) is 9.72 Å². The molecule has 1 aliphatic rings. The van der Waals surface area contributed by atoms with Crippen molar-refractivity contribution in [2.75, 3.05) is 9.80 Å². The molecule has 2 aromatic heterocycles. The summed E-state index contributed by atoms with van der Waals surface area (Å²) in [7, 11) is 0. The predicted octanol–water partition coefficient (Wildman–Crippen LogP) is 18.9. The van der Waals surface area contributed by atoms with Gasteiger partial charge in [-0.3, -0.25) is 0 Å². The van der Waals surface area contributed by atoms with Gasteiger partial charge in [0.25, 0.3) is 0 Å². The van der Waals surface area contributed by atoms with Crippen LogP contribution in [0.2, 0.25) is 0 Å². The maximum atomic E-state index is 15.3. The minimum atomic E-state index is -0.927. The smallest absolute Gasteiger partial charge is 0.135 e. The van der Waals surface area contributed by atoms with Gasteiger partial charge in [-0.1, -0.05) is 159 Å². The number of hydrogen-bond acceptors (Lipinski definition) is 4. The molecule has 5 nitrogen and oxygen atoms in total. The summed E-state index contributed by atoms with van der Waals surface area (Å²) in [5.74, 6) is 0.0122. The van der Waals surface area contributed by atoms with Gasteiger partial charge in [0.15, 0.2) is 0 Å². The van der Waals surface area contributed by atoms with Crippen LogP contribution < -0.4 is 14.5 Å². The molecule has 380 valence electrons. The van der Waals surface area contributed by atoms with Crippen LogP contribution in [-0.4, -0.2) is 9.55 Å². The normalized spacial score (nSPS) is 12.9. The second kappa shape index (κ2) is 20.4. The van der Waals surface area contributed by atoms with Crippen molar-refractivity contribution in [1.82, 2.24) is 9.55 Å². The molecule has 75 heavy (non-hydrogen) atoms. The molecule has 11 rings (SSSR count). The molecule has 3 heterocycles. The maximum absolute atomic E-state index is 15.3. The fourth-order valence-corrected chi connectivity index (χ4v) is 10.3. The largest absolute Gasteiger partial charge is 0.509 e. The molecule has 0 fully saturated rings. The van der Waals surface area contributed by atoms with E-state index >= 15 is 8.78 Å². The Balaban J connectivity index is 0.00000657. The Morgan fingerprint density at radius 2 is 1.20 bits per heavy atom. The van der Waals surface area contributed by atoms with Crippen molar-refractivity contribution < 1.29 is 36.0 Å². The molecule has 0 amide bonds. The van der Waals surface area contributed by atoms with Crippen molar-refractivity contribution >= 4 is 44.6 Å². The number of aromatic nitrogens is 2. The van der Waals surface area contributed by atoms with Crippen LogP contribution in [0.15, 0.2) is 170 Å². The van der Waals surface area contributed by atoms with Crippen LogP contribution >= 0.6 is 0 Å². The summed E-state index contributed by atoms with van der Waals surface area (Å²) in [4.78, 5) is 9.12. The summed E-state index contributed by atoms with van der Waals surface area (Å²) in [6, 6.07) is 60.6. The van der Waals surface area contributed by atoms with E-state index in [1.54, 1.807) is 0 Å². The van der Waals surface area contributed by atoms with Crippen molar-refractivity contribution in [1.29, 1.82) is 0 Å². The molecule has 10 aromatic rings. The number of anilines is 4. The summed E-state index contributed by atoms with van der Waals surface area (Å²) < 4.78 is 49.0. The number of rotatable bonds is 11. The summed E-state index contributed by atoms with van der Waals surface area (Å²) in [6.45, 7) is 21.2. The molecule has 0 unspecified atom stereocenters. The van der Waals surface area contributed by atoms with Crippen molar-refractivity contribution in [3.63, 3.8) is 0 Å². The zero-order valence-corrected chi connectivity index (χ0v) is 45.9. The first-order valence-corrected chi connectivity index (χ1v) is 25.4. The molecule has 0 spiro atoms. The molecule has 0 bridgehead atoms. The second-order valence-electron chi connectivity index (χ2n) is 21.3. The Morgan fingerprint density at radius 1 is 0.587 bits per heavy atom. The number of ether oxygens (including phenoxy) is 1. The molecule has 0 N–H and O–H groups in total. The minimum Gasteiger partial charge on any atom is -0.509 e. The standard InChI is InChI=1S/C67H59F2N4O.Pt/c1-41(2)44-29-45(42(3)4)31-46(30-44)57-20-16-21-58(47-32-50(68)37-51(69)33-47)66(57)72-40-71(62-23-14-15-24-63(62)72)52-34-48(56-18-11-10-17-55(56)43(5)6)35-54(38-52)74-53-25-26-60-59-19-12-13-22-61(59)73(64(60)39-53)65-36-49(27-28-70-65)67(7,8)9;/h10-37,40-43H,1-9H3;/q-3;/i43D;. The van der Waals surface area contributed by atoms with Crippen LogP contribution in [0.4, 0.5) is 31.5 Å². The number of halogens is 2. The molecule has 0 atom stereocenters. The molecule has 0 radical (unpaired) electrons. The van der Waals surface area contributed by atoms with E-state index in [-0.39, 0.29) is 38.3 Å². The van der Waals surface area contributed by atoms with Crippen LogP contribution in [0.25, 0.3) is 61.0 Å². The van der Waals surface area contributed by atoms with Gasteiger partial charge < -0.3 is 19.1 Å².